The van der Waals surface area contributed by atoms with Crippen molar-refractivity contribution in [3.05, 3.63) is 144 Å². The number of hydrogen-bond acceptors (Lipinski definition) is 6. The van der Waals surface area contributed by atoms with E-state index in [-0.39, 0.29) is 48.7 Å². The van der Waals surface area contributed by atoms with Crippen molar-refractivity contribution in [1.82, 2.24) is 15.6 Å². The van der Waals surface area contributed by atoms with Gasteiger partial charge in [0.2, 0.25) is 11.8 Å². The maximum absolute atomic E-state index is 15.8. The Morgan fingerprint density at radius 3 is 1.96 bits per heavy atom. The molecule has 0 amide bonds. The highest BCUT2D eigenvalue weighted by molar-refractivity contribution is 5.72. The van der Waals surface area contributed by atoms with E-state index in [1.54, 1.807) is 17.0 Å². The summed E-state index contributed by atoms with van der Waals surface area (Å²) >= 11 is 0. The van der Waals surface area contributed by atoms with Gasteiger partial charge < -0.3 is 25.0 Å². The van der Waals surface area contributed by atoms with E-state index in [1.807, 2.05) is 78.9 Å². The Hall–Kier alpha value is -4.86. The number of benzene rings is 4. The minimum absolute atomic E-state index is 0.0355. The molecular weight excluding hydrogens is 613 g/mol. The van der Waals surface area contributed by atoms with Gasteiger partial charge in [-0.15, -0.1) is 0 Å². The molecule has 0 saturated carbocycles. The second-order valence-corrected chi connectivity index (χ2v) is 11.8. The van der Waals surface area contributed by atoms with Crippen LogP contribution in [0.1, 0.15) is 23.1 Å². The maximum Gasteiger partial charge on any atom is 0.225 e. The minimum Gasteiger partial charge on any atom is -0.473 e. The van der Waals surface area contributed by atoms with Gasteiger partial charge in [-0.2, -0.15) is 4.98 Å². The van der Waals surface area contributed by atoms with E-state index in [9.17, 15) is 0 Å². The van der Waals surface area contributed by atoms with Crippen LogP contribution in [0.25, 0.3) is 11.1 Å². The molecule has 5 aromatic rings. The number of rotatable bonds is 14. The highest BCUT2D eigenvalue weighted by Gasteiger charge is 2.30. The lowest BCUT2D eigenvalue weighted by molar-refractivity contribution is 0.220. The zero-order valence-corrected chi connectivity index (χ0v) is 26.6. The summed E-state index contributed by atoms with van der Waals surface area (Å²) in [6.45, 7) is 2.99. The Bertz CT molecular complexity index is 1720. The van der Waals surface area contributed by atoms with Crippen LogP contribution in [0.15, 0.2) is 115 Å². The molecule has 0 bridgehead atoms. The van der Waals surface area contributed by atoms with Gasteiger partial charge in [-0.25, -0.2) is 13.2 Å². The summed E-state index contributed by atoms with van der Waals surface area (Å²) in [6.07, 6.45) is -0.680. The predicted molar refractivity (Wildman–Crippen MR) is 183 cm³/mol. The molecule has 0 aliphatic carbocycles. The van der Waals surface area contributed by atoms with Gasteiger partial charge in [-0.1, -0.05) is 91.0 Å². The molecule has 48 heavy (non-hydrogen) atoms. The number of alkyl halides is 1. The van der Waals surface area contributed by atoms with Crippen molar-refractivity contribution in [2.24, 2.45) is 0 Å². The summed E-state index contributed by atoms with van der Waals surface area (Å²) in [5, 5.41) is 6.65. The van der Waals surface area contributed by atoms with Gasteiger partial charge in [0.1, 0.15) is 31.0 Å². The van der Waals surface area contributed by atoms with E-state index >= 15 is 13.2 Å². The lowest BCUT2D eigenvalue weighted by Crippen LogP contribution is -2.52. The van der Waals surface area contributed by atoms with E-state index in [1.165, 1.54) is 17.7 Å². The fourth-order valence-corrected chi connectivity index (χ4v) is 5.81. The van der Waals surface area contributed by atoms with Gasteiger partial charge >= 0.3 is 0 Å². The molecule has 248 valence electrons. The highest BCUT2D eigenvalue weighted by atomic mass is 19.1. The van der Waals surface area contributed by atoms with Crippen molar-refractivity contribution in [2.75, 3.05) is 31.1 Å². The van der Waals surface area contributed by atoms with Gasteiger partial charge in [0, 0.05) is 44.0 Å². The highest BCUT2D eigenvalue weighted by Crippen LogP contribution is 2.37. The molecule has 1 aliphatic rings. The minimum atomic E-state index is -1.19. The van der Waals surface area contributed by atoms with Gasteiger partial charge in [0.05, 0.1) is 17.7 Å². The van der Waals surface area contributed by atoms with Crippen LogP contribution in [0.2, 0.25) is 0 Å². The zero-order chi connectivity index (χ0) is 33.1. The number of halogens is 3. The van der Waals surface area contributed by atoms with Crippen LogP contribution in [0, 0.1) is 11.6 Å². The topological polar surface area (TPSA) is 58.7 Å². The summed E-state index contributed by atoms with van der Waals surface area (Å²) in [5.74, 6) is -1.26. The molecule has 2 N–H and O–H groups in total. The van der Waals surface area contributed by atoms with E-state index in [4.69, 9.17) is 9.47 Å². The first-order valence-corrected chi connectivity index (χ1v) is 16.2. The Morgan fingerprint density at radius 1 is 0.729 bits per heavy atom. The first-order chi connectivity index (χ1) is 23.5. The summed E-state index contributed by atoms with van der Waals surface area (Å²) in [4.78, 5) is 6.19. The average molecular weight is 653 g/mol. The van der Waals surface area contributed by atoms with Crippen LogP contribution in [0.4, 0.5) is 18.9 Å². The molecule has 9 heteroatoms. The number of pyridine rings is 1. The van der Waals surface area contributed by atoms with Crippen molar-refractivity contribution in [2.45, 2.75) is 38.4 Å². The molecule has 1 aromatic heterocycles. The van der Waals surface area contributed by atoms with Gasteiger partial charge in [0.15, 0.2) is 0 Å². The first kappa shape index (κ1) is 33.1. The van der Waals surface area contributed by atoms with E-state index in [0.717, 1.165) is 17.7 Å². The molecule has 0 radical (unpaired) electrons. The fourth-order valence-electron chi connectivity index (χ4n) is 5.81. The number of aromatic nitrogens is 1. The molecule has 6 rings (SSSR count). The van der Waals surface area contributed by atoms with Gasteiger partial charge in [-0.05, 0) is 41.3 Å². The largest absolute Gasteiger partial charge is 0.473 e. The van der Waals surface area contributed by atoms with Crippen LogP contribution >= 0.6 is 0 Å². The van der Waals surface area contributed by atoms with Gasteiger partial charge in [-0.3, -0.25) is 0 Å². The standard InChI is InChI=1S/C39H39F3N4O2/c40-33-22-31(46-21-18-36(35(42)25-46)44-20-19-43-24-28-10-4-1-5-11-28)23-34(41)38(33)32-16-17-37(47-26-29-12-6-2-7-13-29)45-39(32)48-27-30-14-8-3-9-15-30/h1-17,22-23,35-36,43-44H,18-21,24-27H2/t35-,36-/m0/s1. The third-order valence-corrected chi connectivity index (χ3v) is 8.37. The lowest BCUT2D eigenvalue weighted by atomic mass is 10.0. The summed E-state index contributed by atoms with van der Waals surface area (Å²) < 4.78 is 58.8. The van der Waals surface area contributed by atoms with Crippen molar-refractivity contribution < 1.29 is 22.6 Å². The number of ether oxygens (including phenoxy) is 2. The van der Waals surface area contributed by atoms with E-state index in [0.29, 0.717) is 31.7 Å². The van der Waals surface area contributed by atoms with E-state index in [2.05, 4.69) is 27.8 Å². The van der Waals surface area contributed by atoms with Crippen LogP contribution in [0.5, 0.6) is 11.8 Å². The first-order valence-electron chi connectivity index (χ1n) is 16.2. The molecule has 6 nitrogen and oxygen atoms in total. The number of nitrogens with zero attached hydrogens (tertiary/aromatic N) is 2. The molecule has 1 saturated heterocycles. The number of anilines is 1. The maximum atomic E-state index is 15.8. The van der Waals surface area contributed by atoms with Crippen molar-refractivity contribution in [3.63, 3.8) is 0 Å². The number of hydrogen-bond donors (Lipinski definition) is 2. The second kappa shape index (κ2) is 16.3. The Morgan fingerprint density at radius 2 is 1.33 bits per heavy atom. The monoisotopic (exact) mass is 652 g/mol. The third kappa shape index (κ3) is 8.73. The summed E-state index contributed by atoms with van der Waals surface area (Å²) in [7, 11) is 0. The molecular formula is C39H39F3N4O2. The normalized spacial score (nSPS) is 16.1. The number of piperidine rings is 1. The Kier molecular flexibility index (Phi) is 11.2. The summed E-state index contributed by atoms with van der Waals surface area (Å²) in [5.41, 5.74) is 3.21. The van der Waals surface area contributed by atoms with Crippen LogP contribution in [-0.2, 0) is 19.8 Å². The molecule has 4 aromatic carbocycles. The van der Waals surface area contributed by atoms with Crippen molar-refractivity contribution in [3.8, 4) is 22.9 Å². The van der Waals surface area contributed by atoms with Gasteiger partial charge in [0.25, 0.3) is 0 Å². The third-order valence-electron chi connectivity index (χ3n) is 8.37. The van der Waals surface area contributed by atoms with Crippen LogP contribution in [0.3, 0.4) is 0 Å². The zero-order valence-electron chi connectivity index (χ0n) is 26.6. The quantitative estimate of drug-likeness (QED) is 0.121. The SMILES string of the molecule is Fc1cc(N2CC[C@H](NCCNCc3ccccc3)[C@@H](F)C2)cc(F)c1-c1ccc(OCc2ccccc2)nc1OCc1ccccc1. The Labute approximate surface area is 279 Å². The summed E-state index contributed by atoms with van der Waals surface area (Å²) in [6, 6.07) is 34.5. The second-order valence-electron chi connectivity index (χ2n) is 11.8. The average Bonchev–Trinajstić information content (AvgIpc) is 3.12. The molecule has 2 atom stereocenters. The predicted octanol–water partition coefficient (Wildman–Crippen LogP) is 7.48. The molecule has 0 spiro atoms. The van der Waals surface area contributed by atoms with Crippen molar-refractivity contribution >= 4 is 5.69 Å². The van der Waals surface area contributed by atoms with Crippen LogP contribution < -0.4 is 25.0 Å². The molecule has 0 unspecified atom stereocenters. The number of nitrogens with one attached hydrogen (secondary N) is 2. The molecule has 1 aliphatic heterocycles. The lowest BCUT2D eigenvalue weighted by Gasteiger charge is -2.36. The van der Waals surface area contributed by atoms with E-state index < -0.39 is 17.8 Å². The smallest absolute Gasteiger partial charge is 0.225 e. The molecule has 2 heterocycles. The fraction of sp³-hybridized carbons (Fsp3) is 0.256. The van der Waals surface area contributed by atoms with Crippen molar-refractivity contribution in [1.29, 1.82) is 0 Å². The van der Waals surface area contributed by atoms with Crippen LogP contribution in [-0.4, -0.2) is 43.4 Å². The molecule has 1 fully saturated rings. The Balaban J connectivity index is 1.12.